The number of aliphatic carboxylic acids is 1. The first-order valence-electron chi connectivity index (χ1n) is 7.11. The number of nitrogens with zero attached hydrogens (tertiary/aromatic N) is 4. The van der Waals surface area contributed by atoms with Crippen LogP contribution in [-0.2, 0) is 4.79 Å². The second-order valence-electron chi connectivity index (χ2n) is 7.03. The summed E-state index contributed by atoms with van der Waals surface area (Å²) < 4.78 is 1.71. The molecule has 0 radical (unpaired) electrons. The molecular formula is C14H26N4O2. The first kappa shape index (κ1) is 16.6. The van der Waals surface area contributed by atoms with Gasteiger partial charge in [-0.15, -0.1) is 5.10 Å². The molecule has 6 nitrogen and oxygen atoms in total. The summed E-state index contributed by atoms with van der Waals surface area (Å²) in [5.74, 6) is 0.550. The Morgan fingerprint density at radius 3 is 2.35 bits per heavy atom. The number of rotatable bonds is 6. The molecule has 1 rings (SSSR count). The van der Waals surface area contributed by atoms with Crippen LogP contribution in [0.5, 0.6) is 0 Å². The molecule has 1 aromatic heterocycles. The zero-order chi connectivity index (χ0) is 15.5. The van der Waals surface area contributed by atoms with E-state index in [1.54, 1.807) is 4.68 Å². The second kappa shape index (κ2) is 6.33. The molecular weight excluding hydrogens is 256 g/mol. The normalized spacial score (nSPS) is 15.3. The lowest BCUT2D eigenvalue weighted by atomic mass is 9.86. The Labute approximate surface area is 120 Å². The first-order valence-corrected chi connectivity index (χ1v) is 7.11. The lowest BCUT2D eigenvalue weighted by Gasteiger charge is -2.26. The van der Waals surface area contributed by atoms with Crippen molar-refractivity contribution in [2.75, 3.05) is 0 Å². The third kappa shape index (κ3) is 4.58. The predicted molar refractivity (Wildman–Crippen MR) is 76.4 cm³/mol. The fourth-order valence-corrected chi connectivity index (χ4v) is 2.21. The van der Waals surface area contributed by atoms with E-state index in [4.69, 9.17) is 5.11 Å². The van der Waals surface area contributed by atoms with Gasteiger partial charge in [-0.2, -0.15) is 0 Å². The number of tetrazole rings is 1. The summed E-state index contributed by atoms with van der Waals surface area (Å²) in [7, 11) is 0. The maximum absolute atomic E-state index is 11.1. The van der Waals surface area contributed by atoms with Crippen LogP contribution in [0.3, 0.4) is 0 Å². The fourth-order valence-electron chi connectivity index (χ4n) is 2.21. The summed E-state index contributed by atoms with van der Waals surface area (Å²) in [5, 5.41) is 21.0. The lowest BCUT2D eigenvalue weighted by molar-refractivity contribution is -0.138. The molecule has 114 valence electrons. The number of hydrogen-bond donors (Lipinski definition) is 1. The van der Waals surface area contributed by atoms with Crippen LogP contribution < -0.4 is 0 Å². The number of carboxylic acids is 1. The zero-order valence-electron chi connectivity index (χ0n) is 13.3. The van der Waals surface area contributed by atoms with E-state index in [1.165, 1.54) is 0 Å². The molecule has 0 bridgehead atoms. The van der Waals surface area contributed by atoms with Crippen molar-refractivity contribution >= 4 is 5.97 Å². The Hall–Kier alpha value is -1.46. The van der Waals surface area contributed by atoms with Crippen LogP contribution in [0.25, 0.3) is 0 Å². The molecule has 0 aliphatic heterocycles. The SMILES string of the molecule is CC(C)C(C)c1nnnn1C(CC(=O)O)CC(C)(C)C. The van der Waals surface area contributed by atoms with Gasteiger partial charge in [0.2, 0.25) is 0 Å². The molecule has 0 spiro atoms. The summed E-state index contributed by atoms with van der Waals surface area (Å²) in [6.07, 6.45) is 0.766. The van der Waals surface area contributed by atoms with Crippen LogP contribution in [0.15, 0.2) is 0 Å². The van der Waals surface area contributed by atoms with Crippen molar-refractivity contribution in [3.05, 3.63) is 5.82 Å². The molecule has 0 saturated carbocycles. The third-order valence-corrected chi connectivity index (χ3v) is 3.53. The minimum absolute atomic E-state index is 0.0183. The van der Waals surface area contributed by atoms with Gasteiger partial charge in [-0.3, -0.25) is 4.79 Å². The van der Waals surface area contributed by atoms with E-state index >= 15 is 0 Å². The average Bonchev–Trinajstić information content (AvgIpc) is 2.72. The zero-order valence-corrected chi connectivity index (χ0v) is 13.3. The summed E-state index contributed by atoms with van der Waals surface area (Å²) in [6, 6.07) is -0.210. The molecule has 0 fully saturated rings. The Kier molecular flexibility index (Phi) is 5.25. The van der Waals surface area contributed by atoms with Crippen molar-refractivity contribution < 1.29 is 9.90 Å². The van der Waals surface area contributed by atoms with Crippen LogP contribution in [0.2, 0.25) is 0 Å². The van der Waals surface area contributed by atoms with E-state index in [0.29, 0.717) is 5.92 Å². The van der Waals surface area contributed by atoms with Crippen LogP contribution in [-0.4, -0.2) is 31.3 Å². The van der Waals surface area contributed by atoms with Gasteiger partial charge in [-0.05, 0) is 28.2 Å². The molecule has 1 aromatic rings. The van der Waals surface area contributed by atoms with Crippen molar-refractivity contribution in [3.63, 3.8) is 0 Å². The van der Waals surface area contributed by atoms with Crippen molar-refractivity contribution in [2.45, 2.75) is 66.3 Å². The molecule has 0 saturated heterocycles. The third-order valence-electron chi connectivity index (χ3n) is 3.53. The predicted octanol–water partition coefficient (Wildman–Crippen LogP) is 2.88. The van der Waals surface area contributed by atoms with E-state index in [9.17, 15) is 4.79 Å². The molecule has 0 amide bonds. The van der Waals surface area contributed by atoms with Crippen LogP contribution in [0.1, 0.15) is 72.2 Å². The highest BCUT2D eigenvalue weighted by atomic mass is 16.4. The highest BCUT2D eigenvalue weighted by Gasteiger charge is 2.28. The average molecular weight is 282 g/mol. The van der Waals surface area contributed by atoms with Gasteiger partial charge < -0.3 is 5.11 Å². The number of carboxylic acid groups (broad SMARTS) is 1. The van der Waals surface area contributed by atoms with Gasteiger partial charge in [0.25, 0.3) is 0 Å². The van der Waals surface area contributed by atoms with Gasteiger partial charge in [0.15, 0.2) is 5.82 Å². The molecule has 20 heavy (non-hydrogen) atoms. The maximum atomic E-state index is 11.1. The van der Waals surface area contributed by atoms with E-state index in [1.807, 2.05) is 0 Å². The summed E-state index contributed by atoms with van der Waals surface area (Å²) in [5.41, 5.74) is 0.0183. The van der Waals surface area contributed by atoms with E-state index < -0.39 is 5.97 Å². The lowest BCUT2D eigenvalue weighted by Crippen LogP contribution is -2.24. The highest BCUT2D eigenvalue weighted by Crippen LogP contribution is 2.32. The number of aromatic nitrogens is 4. The van der Waals surface area contributed by atoms with Crippen molar-refractivity contribution in [2.24, 2.45) is 11.3 Å². The van der Waals surface area contributed by atoms with E-state index in [2.05, 4.69) is 57.1 Å². The standard InChI is InChI=1S/C14H26N4O2/c1-9(2)10(3)13-15-16-17-18(13)11(7-12(19)20)8-14(4,5)6/h9-11H,7-8H2,1-6H3,(H,19,20). The minimum Gasteiger partial charge on any atom is -0.481 e. The molecule has 2 unspecified atom stereocenters. The smallest absolute Gasteiger partial charge is 0.305 e. The number of carbonyl (C=O) groups is 1. The molecule has 2 atom stereocenters. The largest absolute Gasteiger partial charge is 0.481 e. The summed E-state index contributed by atoms with van der Waals surface area (Å²) in [6.45, 7) is 12.6. The Morgan fingerprint density at radius 1 is 1.30 bits per heavy atom. The van der Waals surface area contributed by atoms with Gasteiger partial charge in [0.05, 0.1) is 12.5 Å². The minimum atomic E-state index is -0.821. The van der Waals surface area contributed by atoms with Gasteiger partial charge >= 0.3 is 5.97 Å². The Morgan fingerprint density at radius 2 is 1.90 bits per heavy atom. The van der Waals surface area contributed by atoms with Crippen molar-refractivity contribution in [1.82, 2.24) is 20.2 Å². The molecule has 1 N–H and O–H groups in total. The van der Waals surface area contributed by atoms with E-state index in [-0.39, 0.29) is 23.8 Å². The van der Waals surface area contributed by atoms with Gasteiger partial charge in [-0.25, -0.2) is 4.68 Å². The summed E-state index contributed by atoms with van der Waals surface area (Å²) in [4.78, 5) is 11.1. The Balaban J connectivity index is 3.08. The highest BCUT2D eigenvalue weighted by molar-refractivity contribution is 5.67. The summed E-state index contributed by atoms with van der Waals surface area (Å²) >= 11 is 0. The van der Waals surface area contributed by atoms with Gasteiger partial charge in [0.1, 0.15) is 0 Å². The molecule has 0 aromatic carbocycles. The second-order valence-corrected chi connectivity index (χ2v) is 7.03. The first-order chi connectivity index (χ1) is 9.11. The maximum Gasteiger partial charge on any atom is 0.305 e. The van der Waals surface area contributed by atoms with Crippen LogP contribution in [0.4, 0.5) is 0 Å². The van der Waals surface area contributed by atoms with Crippen molar-refractivity contribution in [1.29, 1.82) is 0 Å². The van der Waals surface area contributed by atoms with Crippen molar-refractivity contribution in [3.8, 4) is 0 Å². The van der Waals surface area contributed by atoms with E-state index in [0.717, 1.165) is 12.2 Å². The quantitative estimate of drug-likeness (QED) is 0.867. The van der Waals surface area contributed by atoms with Gasteiger partial charge in [0, 0.05) is 5.92 Å². The monoisotopic (exact) mass is 282 g/mol. The molecule has 6 heteroatoms. The fraction of sp³-hybridized carbons (Fsp3) is 0.857. The number of hydrogen-bond acceptors (Lipinski definition) is 4. The molecule has 0 aliphatic rings. The molecule has 1 heterocycles. The van der Waals surface area contributed by atoms with Crippen LogP contribution in [0, 0.1) is 11.3 Å². The van der Waals surface area contributed by atoms with Crippen LogP contribution >= 0.6 is 0 Å². The topological polar surface area (TPSA) is 80.9 Å². The Bertz CT molecular complexity index is 448. The molecule has 0 aliphatic carbocycles. The van der Waals surface area contributed by atoms with Gasteiger partial charge in [-0.1, -0.05) is 41.5 Å².